The summed E-state index contributed by atoms with van der Waals surface area (Å²) in [7, 11) is 5.28. The summed E-state index contributed by atoms with van der Waals surface area (Å²) in [6, 6.07) is 12.9. The van der Waals surface area contributed by atoms with Crippen LogP contribution in [0, 0.1) is 0 Å². The number of anilines is 2. The molecule has 1 unspecified atom stereocenters. The lowest BCUT2D eigenvalue weighted by Crippen LogP contribution is -2.50. The molecule has 0 bridgehead atoms. The molecule has 2 saturated heterocycles. The Balaban J connectivity index is 1.22. The maximum atomic E-state index is 5.98. The lowest BCUT2D eigenvalue weighted by molar-refractivity contribution is -0.0790. The fraction of sp³-hybridized carbons (Fsp3) is 0.485. The molecule has 4 heterocycles. The number of rotatable bonds is 10. The van der Waals surface area contributed by atoms with E-state index in [9.17, 15) is 0 Å². The summed E-state index contributed by atoms with van der Waals surface area (Å²) < 4.78 is 19.0. The fourth-order valence-electron chi connectivity index (χ4n) is 6.50. The van der Waals surface area contributed by atoms with Gasteiger partial charge < -0.3 is 24.0 Å². The molecule has 2 aromatic heterocycles. The van der Waals surface area contributed by atoms with Gasteiger partial charge in [0.05, 0.1) is 55.5 Å². The number of morpholine rings is 1. The Morgan fingerprint density at radius 2 is 1.70 bits per heavy atom. The minimum atomic E-state index is 0.304. The SMILES string of the molecule is COc1cc(OC)cc(N(CCCN2CCC(N3C[C@@H](C)O[C@@H](C)C3)C2)c2ccc3ncc(-c4cnn(C)c4)nc3c2)c1. The molecule has 6 rings (SSSR count). The first-order chi connectivity index (χ1) is 20.9. The second kappa shape index (κ2) is 12.9. The van der Waals surface area contributed by atoms with Gasteiger partial charge in [0, 0.05) is 80.6 Å². The van der Waals surface area contributed by atoms with Gasteiger partial charge >= 0.3 is 0 Å². The fourth-order valence-corrected chi connectivity index (χ4v) is 6.50. The number of fused-ring (bicyclic) bond motifs is 1. The Morgan fingerprint density at radius 3 is 2.40 bits per heavy atom. The van der Waals surface area contributed by atoms with Crippen LogP contribution in [0.1, 0.15) is 26.7 Å². The van der Waals surface area contributed by atoms with Gasteiger partial charge in [-0.1, -0.05) is 0 Å². The molecule has 4 aromatic rings. The molecule has 228 valence electrons. The molecule has 0 amide bonds. The summed E-state index contributed by atoms with van der Waals surface area (Å²) in [6.07, 6.45) is 8.43. The van der Waals surface area contributed by atoms with Gasteiger partial charge in [-0.15, -0.1) is 0 Å². The summed E-state index contributed by atoms with van der Waals surface area (Å²) in [4.78, 5) is 17.2. The summed E-state index contributed by atoms with van der Waals surface area (Å²) in [5.74, 6) is 1.52. The number of ether oxygens (including phenoxy) is 3. The normalized spacial score (nSPS) is 21.4. The highest BCUT2D eigenvalue weighted by molar-refractivity contribution is 5.82. The predicted molar refractivity (Wildman–Crippen MR) is 169 cm³/mol. The quantitative estimate of drug-likeness (QED) is 0.262. The number of hydrogen-bond donors (Lipinski definition) is 0. The Kier molecular flexibility index (Phi) is 8.78. The van der Waals surface area contributed by atoms with E-state index in [1.54, 1.807) is 18.9 Å². The van der Waals surface area contributed by atoms with Gasteiger partial charge in [-0.3, -0.25) is 14.6 Å². The molecular formula is C33H43N7O3. The molecule has 2 aliphatic heterocycles. The first-order valence-electron chi connectivity index (χ1n) is 15.3. The minimum absolute atomic E-state index is 0.304. The van der Waals surface area contributed by atoms with Gasteiger partial charge in [0.25, 0.3) is 0 Å². The van der Waals surface area contributed by atoms with Crippen LogP contribution in [-0.4, -0.2) is 101 Å². The van der Waals surface area contributed by atoms with Gasteiger partial charge in [0.2, 0.25) is 0 Å². The molecule has 2 aliphatic rings. The molecule has 10 heteroatoms. The first-order valence-corrected chi connectivity index (χ1v) is 15.3. The lowest BCUT2D eigenvalue weighted by Gasteiger charge is -2.39. The Bertz CT molecular complexity index is 1510. The van der Waals surface area contributed by atoms with Crippen LogP contribution >= 0.6 is 0 Å². The van der Waals surface area contributed by atoms with E-state index in [1.807, 2.05) is 37.8 Å². The van der Waals surface area contributed by atoms with Crippen molar-refractivity contribution in [3.63, 3.8) is 0 Å². The zero-order chi connectivity index (χ0) is 29.9. The summed E-state index contributed by atoms with van der Waals surface area (Å²) in [6.45, 7) is 10.6. The minimum Gasteiger partial charge on any atom is -0.497 e. The Labute approximate surface area is 254 Å². The van der Waals surface area contributed by atoms with Crippen LogP contribution in [0.15, 0.2) is 55.0 Å². The van der Waals surface area contributed by atoms with Crippen LogP contribution in [0.3, 0.4) is 0 Å². The van der Waals surface area contributed by atoms with Crippen molar-refractivity contribution in [1.82, 2.24) is 29.5 Å². The number of methoxy groups -OCH3 is 2. The summed E-state index contributed by atoms with van der Waals surface area (Å²) in [5.41, 5.74) is 5.52. The number of likely N-dealkylation sites (tertiary alicyclic amines) is 1. The number of benzene rings is 2. The van der Waals surface area contributed by atoms with Crippen molar-refractivity contribution >= 4 is 22.4 Å². The second-order valence-electron chi connectivity index (χ2n) is 11.9. The predicted octanol–water partition coefficient (Wildman–Crippen LogP) is 4.76. The van der Waals surface area contributed by atoms with Crippen LogP contribution in [0.25, 0.3) is 22.3 Å². The lowest BCUT2D eigenvalue weighted by atomic mass is 10.1. The molecule has 2 aromatic carbocycles. The van der Waals surface area contributed by atoms with E-state index >= 15 is 0 Å². The third kappa shape index (κ3) is 6.76. The van der Waals surface area contributed by atoms with Gasteiger partial charge in [-0.05, 0) is 58.0 Å². The van der Waals surface area contributed by atoms with Gasteiger partial charge in [-0.25, -0.2) is 4.98 Å². The van der Waals surface area contributed by atoms with Crippen LogP contribution in [0.2, 0.25) is 0 Å². The number of aromatic nitrogens is 4. The molecule has 10 nitrogen and oxygen atoms in total. The van der Waals surface area contributed by atoms with E-state index < -0.39 is 0 Å². The maximum absolute atomic E-state index is 5.98. The summed E-state index contributed by atoms with van der Waals surface area (Å²) in [5, 5.41) is 4.30. The van der Waals surface area contributed by atoms with Crippen molar-refractivity contribution < 1.29 is 14.2 Å². The van der Waals surface area contributed by atoms with E-state index in [-0.39, 0.29) is 0 Å². The zero-order valence-corrected chi connectivity index (χ0v) is 25.9. The highest BCUT2D eigenvalue weighted by Crippen LogP contribution is 2.34. The average Bonchev–Trinajstić information content (AvgIpc) is 3.67. The average molecular weight is 586 g/mol. The van der Waals surface area contributed by atoms with Crippen LogP contribution in [0.5, 0.6) is 11.5 Å². The third-order valence-corrected chi connectivity index (χ3v) is 8.55. The zero-order valence-electron chi connectivity index (χ0n) is 25.9. The third-order valence-electron chi connectivity index (χ3n) is 8.55. The topological polar surface area (TPSA) is 81.0 Å². The van der Waals surface area contributed by atoms with Crippen molar-refractivity contribution in [3.8, 4) is 22.8 Å². The molecule has 3 atom stereocenters. The Hall–Kier alpha value is -3.73. The van der Waals surface area contributed by atoms with E-state index in [1.165, 1.54) is 6.42 Å². The largest absolute Gasteiger partial charge is 0.497 e. The number of aryl methyl sites for hydroxylation is 1. The highest BCUT2D eigenvalue weighted by atomic mass is 16.5. The standard InChI is InChI=1S/C33H43N7O3/c1-23-19-39(20-24(2)43-23)27-9-12-38(22-27)10-6-11-40(28-13-29(41-4)16-30(14-28)42-5)26-7-8-31-32(15-26)36-33(18-34-31)25-17-35-37(3)21-25/h7-8,13-18,21,23-24,27H,6,9-12,19-20,22H2,1-5H3/t23-,24+,27?. The van der Waals surface area contributed by atoms with Gasteiger partial charge in [0.1, 0.15) is 11.5 Å². The Morgan fingerprint density at radius 1 is 0.930 bits per heavy atom. The molecule has 0 saturated carbocycles. The molecular weight excluding hydrogens is 542 g/mol. The first kappa shape index (κ1) is 29.3. The van der Waals surface area contributed by atoms with Gasteiger partial charge in [-0.2, -0.15) is 5.10 Å². The molecule has 43 heavy (non-hydrogen) atoms. The molecule has 0 radical (unpaired) electrons. The smallest absolute Gasteiger partial charge is 0.124 e. The molecule has 0 aliphatic carbocycles. The molecule has 0 spiro atoms. The van der Waals surface area contributed by atoms with Crippen molar-refractivity contribution in [2.45, 2.75) is 44.9 Å². The van der Waals surface area contributed by atoms with Crippen molar-refractivity contribution in [2.75, 3.05) is 58.4 Å². The van der Waals surface area contributed by atoms with Crippen LogP contribution < -0.4 is 14.4 Å². The summed E-state index contributed by atoms with van der Waals surface area (Å²) >= 11 is 0. The number of hydrogen-bond acceptors (Lipinski definition) is 9. The molecule has 2 fully saturated rings. The second-order valence-corrected chi connectivity index (χ2v) is 11.9. The number of nitrogens with zero attached hydrogens (tertiary/aromatic N) is 7. The van der Waals surface area contributed by atoms with Crippen molar-refractivity contribution in [2.24, 2.45) is 7.05 Å². The maximum Gasteiger partial charge on any atom is 0.124 e. The monoisotopic (exact) mass is 585 g/mol. The van der Waals surface area contributed by atoms with Gasteiger partial charge in [0.15, 0.2) is 0 Å². The van der Waals surface area contributed by atoms with Crippen molar-refractivity contribution in [3.05, 3.63) is 55.0 Å². The van der Waals surface area contributed by atoms with E-state index in [4.69, 9.17) is 19.2 Å². The van der Waals surface area contributed by atoms with Crippen LogP contribution in [0.4, 0.5) is 11.4 Å². The highest BCUT2D eigenvalue weighted by Gasteiger charge is 2.32. The van der Waals surface area contributed by atoms with Crippen LogP contribution in [-0.2, 0) is 11.8 Å². The van der Waals surface area contributed by atoms with E-state index in [0.717, 1.165) is 90.9 Å². The van der Waals surface area contributed by atoms with E-state index in [2.05, 4.69) is 62.9 Å². The van der Waals surface area contributed by atoms with Crippen molar-refractivity contribution in [1.29, 1.82) is 0 Å². The van der Waals surface area contributed by atoms with E-state index in [0.29, 0.717) is 18.2 Å². The molecule has 0 N–H and O–H groups in total.